The van der Waals surface area contributed by atoms with Gasteiger partial charge in [-0.25, -0.2) is 4.98 Å². The lowest BCUT2D eigenvalue weighted by molar-refractivity contribution is 0.504. The van der Waals surface area contributed by atoms with Crippen molar-refractivity contribution in [1.29, 1.82) is 0 Å². The van der Waals surface area contributed by atoms with Gasteiger partial charge < -0.3 is 10.3 Å². The van der Waals surface area contributed by atoms with Crippen LogP contribution in [0, 0.1) is 0 Å². The molecule has 1 aliphatic carbocycles. The minimum atomic E-state index is -0.0638. The van der Waals surface area contributed by atoms with Crippen molar-refractivity contribution in [1.82, 2.24) is 14.5 Å². The molecule has 0 fully saturated rings. The first-order valence-electron chi connectivity index (χ1n) is 5.94. The van der Waals surface area contributed by atoms with Crippen LogP contribution >= 0.6 is 0 Å². The molecule has 4 nitrogen and oxygen atoms in total. The minimum absolute atomic E-state index is 0.0638. The summed E-state index contributed by atoms with van der Waals surface area (Å²) < 4.78 is 1.99. The maximum atomic E-state index is 6.34. The van der Waals surface area contributed by atoms with Gasteiger partial charge in [0, 0.05) is 37.3 Å². The number of hydrogen-bond donors (Lipinski definition) is 1. The van der Waals surface area contributed by atoms with Crippen LogP contribution in [0.3, 0.4) is 0 Å². The number of rotatable bonds is 2. The quantitative estimate of drug-likeness (QED) is 0.848. The van der Waals surface area contributed by atoms with E-state index in [0.29, 0.717) is 5.92 Å². The maximum absolute atomic E-state index is 6.34. The number of pyridine rings is 1. The van der Waals surface area contributed by atoms with Crippen molar-refractivity contribution in [2.24, 2.45) is 12.8 Å². The van der Waals surface area contributed by atoms with Gasteiger partial charge in [-0.15, -0.1) is 0 Å². The van der Waals surface area contributed by atoms with Gasteiger partial charge in [0.15, 0.2) is 0 Å². The van der Waals surface area contributed by atoms with Crippen LogP contribution in [-0.4, -0.2) is 14.5 Å². The molecule has 2 aromatic heterocycles. The SMILES string of the molecule is Cn1ccnc1C(N)C1CCc2cccnc21. The highest BCUT2D eigenvalue weighted by Gasteiger charge is 2.31. The zero-order valence-electron chi connectivity index (χ0n) is 9.87. The molecule has 2 heterocycles. The average Bonchev–Trinajstić information content (AvgIpc) is 2.94. The number of imidazole rings is 1. The van der Waals surface area contributed by atoms with Gasteiger partial charge in [-0.1, -0.05) is 6.07 Å². The molecule has 88 valence electrons. The second-order valence-electron chi connectivity index (χ2n) is 4.62. The smallest absolute Gasteiger partial charge is 0.126 e. The normalized spacial score (nSPS) is 20.2. The fourth-order valence-corrected chi connectivity index (χ4v) is 2.67. The summed E-state index contributed by atoms with van der Waals surface area (Å²) in [6, 6.07) is 4.08. The van der Waals surface area contributed by atoms with Crippen LogP contribution in [0.1, 0.15) is 35.5 Å². The zero-order valence-corrected chi connectivity index (χ0v) is 9.87. The Balaban J connectivity index is 1.95. The molecule has 2 atom stereocenters. The minimum Gasteiger partial charge on any atom is -0.337 e. The van der Waals surface area contributed by atoms with Crippen LogP contribution in [0.15, 0.2) is 30.7 Å². The van der Waals surface area contributed by atoms with Crippen molar-refractivity contribution < 1.29 is 0 Å². The van der Waals surface area contributed by atoms with Crippen molar-refractivity contribution >= 4 is 0 Å². The van der Waals surface area contributed by atoms with Crippen LogP contribution in [0.25, 0.3) is 0 Å². The Morgan fingerprint density at radius 3 is 3.06 bits per heavy atom. The van der Waals surface area contributed by atoms with Gasteiger partial charge in [0.2, 0.25) is 0 Å². The van der Waals surface area contributed by atoms with Gasteiger partial charge in [0.05, 0.1) is 6.04 Å². The lowest BCUT2D eigenvalue weighted by atomic mass is 9.97. The topological polar surface area (TPSA) is 56.7 Å². The molecule has 0 bridgehead atoms. The Hall–Kier alpha value is -1.68. The first-order chi connectivity index (χ1) is 8.27. The number of hydrogen-bond acceptors (Lipinski definition) is 3. The third-order valence-corrected chi connectivity index (χ3v) is 3.59. The third-order valence-electron chi connectivity index (χ3n) is 3.59. The largest absolute Gasteiger partial charge is 0.337 e. The summed E-state index contributed by atoms with van der Waals surface area (Å²) in [4.78, 5) is 8.83. The molecule has 0 radical (unpaired) electrons. The van der Waals surface area contributed by atoms with E-state index in [4.69, 9.17) is 5.73 Å². The van der Waals surface area contributed by atoms with Crippen LogP contribution in [-0.2, 0) is 13.5 Å². The Morgan fingerprint density at radius 2 is 2.29 bits per heavy atom. The molecule has 0 saturated heterocycles. The third kappa shape index (κ3) is 1.65. The Bertz CT molecular complexity index is 532. The van der Waals surface area contributed by atoms with E-state index in [0.717, 1.165) is 24.4 Å². The number of nitrogens with two attached hydrogens (primary N) is 1. The van der Waals surface area contributed by atoms with E-state index >= 15 is 0 Å². The van der Waals surface area contributed by atoms with E-state index in [-0.39, 0.29) is 6.04 Å². The van der Waals surface area contributed by atoms with Crippen molar-refractivity contribution in [2.75, 3.05) is 0 Å². The van der Waals surface area contributed by atoms with Gasteiger partial charge in [-0.3, -0.25) is 4.98 Å². The van der Waals surface area contributed by atoms with Gasteiger partial charge in [0.25, 0.3) is 0 Å². The fourth-order valence-electron chi connectivity index (χ4n) is 2.67. The first-order valence-corrected chi connectivity index (χ1v) is 5.94. The molecule has 2 unspecified atom stereocenters. The van der Waals surface area contributed by atoms with Crippen molar-refractivity contribution in [2.45, 2.75) is 24.8 Å². The van der Waals surface area contributed by atoms with E-state index in [1.165, 1.54) is 5.56 Å². The number of nitrogens with zero attached hydrogens (tertiary/aromatic N) is 3. The van der Waals surface area contributed by atoms with E-state index in [1.807, 2.05) is 30.1 Å². The fraction of sp³-hybridized carbons (Fsp3) is 0.385. The predicted molar refractivity (Wildman–Crippen MR) is 65.4 cm³/mol. The summed E-state index contributed by atoms with van der Waals surface area (Å²) in [5.74, 6) is 1.24. The lowest BCUT2D eigenvalue weighted by Gasteiger charge is -2.19. The lowest BCUT2D eigenvalue weighted by Crippen LogP contribution is -2.22. The van der Waals surface area contributed by atoms with E-state index in [1.54, 1.807) is 6.20 Å². The number of aryl methyl sites for hydroxylation is 2. The summed E-state index contributed by atoms with van der Waals surface area (Å²) in [5.41, 5.74) is 8.83. The summed E-state index contributed by atoms with van der Waals surface area (Å²) >= 11 is 0. The molecule has 17 heavy (non-hydrogen) atoms. The summed E-state index contributed by atoms with van der Waals surface area (Å²) in [6.45, 7) is 0. The molecule has 3 rings (SSSR count). The average molecular weight is 228 g/mol. The summed E-state index contributed by atoms with van der Waals surface area (Å²) in [5, 5.41) is 0. The zero-order chi connectivity index (χ0) is 11.8. The van der Waals surface area contributed by atoms with E-state index in [2.05, 4.69) is 16.0 Å². The van der Waals surface area contributed by atoms with Crippen molar-refractivity contribution in [3.05, 3.63) is 47.8 Å². The number of aromatic nitrogens is 3. The second-order valence-corrected chi connectivity index (χ2v) is 4.62. The molecule has 0 aromatic carbocycles. The van der Waals surface area contributed by atoms with Gasteiger partial charge in [-0.2, -0.15) is 0 Å². The number of fused-ring (bicyclic) bond motifs is 1. The molecule has 4 heteroatoms. The highest BCUT2D eigenvalue weighted by atomic mass is 15.1. The predicted octanol–water partition coefficient (Wildman–Crippen LogP) is 1.54. The van der Waals surface area contributed by atoms with Crippen LogP contribution < -0.4 is 5.73 Å². The molecule has 2 aromatic rings. The van der Waals surface area contributed by atoms with E-state index < -0.39 is 0 Å². The van der Waals surface area contributed by atoms with Crippen molar-refractivity contribution in [3.63, 3.8) is 0 Å². The summed E-state index contributed by atoms with van der Waals surface area (Å²) in [6.07, 6.45) is 7.72. The van der Waals surface area contributed by atoms with Gasteiger partial charge in [0.1, 0.15) is 5.82 Å². The molecule has 0 aliphatic heterocycles. The molecule has 0 saturated carbocycles. The molecule has 0 amide bonds. The second kappa shape index (κ2) is 3.96. The van der Waals surface area contributed by atoms with Gasteiger partial charge >= 0.3 is 0 Å². The molecular weight excluding hydrogens is 212 g/mol. The highest BCUT2D eigenvalue weighted by Crippen LogP contribution is 2.38. The molecule has 0 spiro atoms. The van der Waals surface area contributed by atoms with Crippen LogP contribution in [0.4, 0.5) is 0 Å². The van der Waals surface area contributed by atoms with Gasteiger partial charge in [-0.05, 0) is 24.5 Å². The summed E-state index contributed by atoms with van der Waals surface area (Å²) in [7, 11) is 1.98. The van der Waals surface area contributed by atoms with Crippen LogP contribution in [0.5, 0.6) is 0 Å². The molecular formula is C13H16N4. The standard InChI is InChI=1S/C13H16N4/c1-17-8-7-16-13(17)11(14)10-5-4-9-3-2-6-15-12(9)10/h2-3,6-8,10-11H,4-5,14H2,1H3. The molecule has 2 N–H and O–H groups in total. The highest BCUT2D eigenvalue weighted by molar-refractivity contribution is 5.30. The van der Waals surface area contributed by atoms with E-state index in [9.17, 15) is 0 Å². The van der Waals surface area contributed by atoms with Crippen LogP contribution in [0.2, 0.25) is 0 Å². The first kappa shape index (κ1) is 10.5. The maximum Gasteiger partial charge on any atom is 0.126 e. The monoisotopic (exact) mass is 228 g/mol. The Kier molecular flexibility index (Phi) is 2.44. The van der Waals surface area contributed by atoms with Crippen molar-refractivity contribution in [3.8, 4) is 0 Å². The Labute approximate surface area is 101 Å². The Morgan fingerprint density at radius 1 is 1.41 bits per heavy atom. The molecule has 1 aliphatic rings.